The molecule has 0 aliphatic carbocycles. The lowest BCUT2D eigenvalue weighted by atomic mass is 9.68. The van der Waals surface area contributed by atoms with Crippen LogP contribution in [-0.4, -0.2) is 33.5 Å². The third-order valence-electron chi connectivity index (χ3n) is 6.19. The van der Waals surface area contributed by atoms with Gasteiger partial charge < -0.3 is 19.5 Å². The molecule has 0 radical (unpaired) electrons. The molecule has 29 heavy (non-hydrogen) atoms. The highest BCUT2D eigenvalue weighted by Crippen LogP contribution is 2.41. The van der Waals surface area contributed by atoms with E-state index in [1.807, 2.05) is 12.1 Å². The molecule has 0 spiro atoms. The van der Waals surface area contributed by atoms with Crippen LogP contribution in [0.4, 0.5) is 0 Å². The number of nitrogens with one attached hydrogen (secondary N) is 1. The van der Waals surface area contributed by atoms with Crippen LogP contribution >= 0.6 is 0 Å². The molecule has 1 aliphatic rings. The average molecular weight is 398 g/mol. The van der Waals surface area contributed by atoms with E-state index in [9.17, 15) is 0 Å². The summed E-state index contributed by atoms with van der Waals surface area (Å²) in [4.78, 5) is 0. The highest BCUT2D eigenvalue weighted by molar-refractivity contribution is 5.42. The zero-order valence-corrected chi connectivity index (χ0v) is 18.2. The molecule has 1 fully saturated rings. The van der Waals surface area contributed by atoms with Crippen LogP contribution in [0.3, 0.4) is 0 Å². The van der Waals surface area contributed by atoms with Crippen LogP contribution in [0.5, 0.6) is 11.5 Å². The maximum Gasteiger partial charge on any atom is 0.161 e. The molecule has 2 aromatic rings. The van der Waals surface area contributed by atoms with E-state index in [0.29, 0.717) is 12.0 Å². The van der Waals surface area contributed by atoms with Crippen LogP contribution in [-0.2, 0) is 16.7 Å². The molecule has 1 heterocycles. The summed E-state index contributed by atoms with van der Waals surface area (Å²) in [5.74, 6) is 2.08. The Morgan fingerprint density at radius 3 is 2.52 bits per heavy atom. The largest absolute Gasteiger partial charge is 0.493 e. The summed E-state index contributed by atoms with van der Waals surface area (Å²) < 4.78 is 16.8. The van der Waals surface area contributed by atoms with Gasteiger partial charge in [0.15, 0.2) is 11.5 Å². The number of ether oxygens (including phenoxy) is 3. The predicted molar refractivity (Wildman–Crippen MR) is 118 cm³/mol. The highest BCUT2D eigenvalue weighted by Gasteiger charge is 2.38. The monoisotopic (exact) mass is 397 g/mol. The summed E-state index contributed by atoms with van der Waals surface area (Å²) in [6, 6.07) is 17.1. The van der Waals surface area contributed by atoms with Crippen LogP contribution in [0.25, 0.3) is 0 Å². The van der Waals surface area contributed by atoms with Gasteiger partial charge in [-0.05, 0) is 55.0 Å². The van der Waals surface area contributed by atoms with E-state index in [1.54, 1.807) is 14.2 Å². The Bertz CT molecular complexity index is 762. The number of rotatable bonds is 9. The Kier molecular flexibility index (Phi) is 7.57. The maximum absolute atomic E-state index is 6.09. The Morgan fingerprint density at radius 1 is 1.07 bits per heavy atom. The third kappa shape index (κ3) is 5.31. The Hall–Kier alpha value is -2.04. The lowest BCUT2D eigenvalue weighted by molar-refractivity contribution is -0.0469. The lowest BCUT2D eigenvalue weighted by Crippen LogP contribution is -2.42. The first-order chi connectivity index (χ1) is 14.1. The van der Waals surface area contributed by atoms with Crippen molar-refractivity contribution >= 4 is 0 Å². The topological polar surface area (TPSA) is 39.7 Å². The van der Waals surface area contributed by atoms with Crippen LogP contribution in [0, 0.1) is 5.92 Å². The van der Waals surface area contributed by atoms with Crippen LogP contribution in [0.2, 0.25) is 0 Å². The van der Waals surface area contributed by atoms with E-state index in [0.717, 1.165) is 50.5 Å². The molecule has 0 bridgehead atoms. The molecule has 0 amide bonds. The van der Waals surface area contributed by atoms with E-state index in [4.69, 9.17) is 14.2 Å². The smallest absolute Gasteiger partial charge is 0.161 e. The van der Waals surface area contributed by atoms with Crippen molar-refractivity contribution in [3.63, 3.8) is 0 Å². The highest BCUT2D eigenvalue weighted by atomic mass is 16.5. The molecule has 1 saturated heterocycles. The van der Waals surface area contributed by atoms with Gasteiger partial charge in [0.2, 0.25) is 0 Å². The predicted octanol–water partition coefficient (Wildman–Crippen LogP) is 4.96. The standard InChI is InChI=1S/C25H35NO3/c1-19(2)24-17-25(13-15-29-24,21-8-6-5-7-9-21)12-14-26-18-20-10-11-22(27-3)23(16-20)28-4/h5-11,16,19,24,26H,12-15,17-18H2,1-4H3/t24-,25-/m0/s1. The molecule has 0 unspecified atom stereocenters. The zero-order valence-electron chi connectivity index (χ0n) is 18.2. The van der Waals surface area contributed by atoms with E-state index < -0.39 is 0 Å². The van der Waals surface area contributed by atoms with Crippen molar-refractivity contribution in [1.82, 2.24) is 5.32 Å². The van der Waals surface area contributed by atoms with Crippen molar-refractivity contribution < 1.29 is 14.2 Å². The third-order valence-corrected chi connectivity index (χ3v) is 6.19. The van der Waals surface area contributed by atoms with Crippen molar-refractivity contribution in [2.45, 2.75) is 51.2 Å². The fourth-order valence-corrected chi connectivity index (χ4v) is 4.36. The van der Waals surface area contributed by atoms with Crippen molar-refractivity contribution in [3.8, 4) is 11.5 Å². The molecular formula is C25H35NO3. The van der Waals surface area contributed by atoms with Gasteiger partial charge in [0.05, 0.1) is 20.3 Å². The minimum atomic E-state index is 0.180. The van der Waals surface area contributed by atoms with E-state index in [1.165, 1.54) is 11.1 Å². The average Bonchev–Trinajstić information content (AvgIpc) is 2.77. The lowest BCUT2D eigenvalue weighted by Gasteiger charge is -2.43. The second kappa shape index (κ2) is 10.1. The summed E-state index contributed by atoms with van der Waals surface area (Å²) in [5, 5.41) is 3.64. The molecule has 1 aliphatic heterocycles. The van der Waals surface area contributed by atoms with Gasteiger partial charge in [-0.25, -0.2) is 0 Å². The first-order valence-corrected chi connectivity index (χ1v) is 10.7. The van der Waals surface area contributed by atoms with Gasteiger partial charge in [-0.15, -0.1) is 0 Å². The van der Waals surface area contributed by atoms with Crippen molar-refractivity contribution in [1.29, 1.82) is 0 Å². The number of methoxy groups -OCH3 is 2. The zero-order chi connectivity index (χ0) is 20.7. The normalized spacial score (nSPS) is 21.9. The van der Waals surface area contributed by atoms with Crippen molar-refractivity contribution in [3.05, 3.63) is 59.7 Å². The molecule has 1 N–H and O–H groups in total. The SMILES string of the molecule is COc1ccc(CNCC[C@]2(c3ccccc3)CCO[C@H](C(C)C)C2)cc1OC. The number of hydrogen-bond acceptors (Lipinski definition) is 4. The maximum atomic E-state index is 6.09. The van der Waals surface area contributed by atoms with Gasteiger partial charge in [0.25, 0.3) is 0 Å². The van der Waals surface area contributed by atoms with E-state index in [2.05, 4.69) is 55.6 Å². The summed E-state index contributed by atoms with van der Waals surface area (Å²) in [6.45, 7) is 7.15. The van der Waals surface area contributed by atoms with Crippen LogP contribution < -0.4 is 14.8 Å². The van der Waals surface area contributed by atoms with E-state index >= 15 is 0 Å². The van der Waals surface area contributed by atoms with Crippen LogP contribution in [0.15, 0.2) is 48.5 Å². The molecular weight excluding hydrogens is 362 g/mol. The van der Waals surface area contributed by atoms with Gasteiger partial charge in [0.1, 0.15) is 0 Å². The second-order valence-electron chi connectivity index (χ2n) is 8.37. The minimum Gasteiger partial charge on any atom is -0.493 e. The van der Waals surface area contributed by atoms with Gasteiger partial charge >= 0.3 is 0 Å². The van der Waals surface area contributed by atoms with Gasteiger partial charge in [-0.2, -0.15) is 0 Å². The quantitative estimate of drug-likeness (QED) is 0.607. The Labute approximate surface area is 175 Å². The minimum absolute atomic E-state index is 0.180. The number of benzene rings is 2. The summed E-state index contributed by atoms with van der Waals surface area (Å²) in [6.07, 6.45) is 3.61. The number of hydrogen-bond donors (Lipinski definition) is 1. The fraction of sp³-hybridized carbons (Fsp3) is 0.520. The summed E-state index contributed by atoms with van der Waals surface area (Å²) >= 11 is 0. The molecule has 158 valence electrons. The van der Waals surface area contributed by atoms with Gasteiger partial charge in [-0.1, -0.05) is 50.2 Å². The Morgan fingerprint density at radius 2 is 1.83 bits per heavy atom. The van der Waals surface area contributed by atoms with E-state index in [-0.39, 0.29) is 5.41 Å². The van der Waals surface area contributed by atoms with Crippen LogP contribution in [0.1, 0.15) is 44.2 Å². The second-order valence-corrected chi connectivity index (χ2v) is 8.37. The van der Waals surface area contributed by atoms with Gasteiger partial charge in [-0.3, -0.25) is 0 Å². The first-order valence-electron chi connectivity index (χ1n) is 10.7. The molecule has 2 aromatic carbocycles. The molecule has 0 saturated carbocycles. The van der Waals surface area contributed by atoms with Crippen molar-refractivity contribution in [2.75, 3.05) is 27.4 Å². The first kappa shape index (κ1) is 21.7. The fourth-order valence-electron chi connectivity index (χ4n) is 4.36. The van der Waals surface area contributed by atoms with Gasteiger partial charge in [0, 0.05) is 18.6 Å². The molecule has 0 aromatic heterocycles. The summed E-state index contributed by atoms with van der Waals surface area (Å²) in [5.41, 5.74) is 2.82. The molecule has 2 atom stereocenters. The Balaban J connectivity index is 1.65. The summed E-state index contributed by atoms with van der Waals surface area (Å²) in [7, 11) is 3.34. The molecule has 4 nitrogen and oxygen atoms in total. The van der Waals surface area contributed by atoms with Crippen molar-refractivity contribution in [2.24, 2.45) is 5.92 Å². The molecule has 3 rings (SSSR count). The molecule has 4 heteroatoms.